The highest BCUT2D eigenvalue weighted by molar-refractivity contribution is 5.94. The summed E-state index contributed by atoms with van der Waals surface area (Å²) in [5.41, 5.74) is 0.968. The third-order valence-corrected chi connectivity index (χ3v) is 5.43. The van der Waals surface area contributed by atoms with Crippen molar-refractivity contribution in [3.05, 3.63) is 70.3 Å². The van der Waals surface area contributed by atoms with Crippen molar-refractivity contribution < 1.29 is 14.3 Å². The molecule has 7 heteroatoms. The first-order valence-corrected chi connectivity index (χ1v) is 10.6. The monoisotopic (exact) mass is 421 g/mol. The maximum Gasteiger partial charge on any atom is 0.258 e. The van der Waals surface area contributed by atoms with Crippen LogP contribution in [0.5, 0.6) is 5.75 Å². The second-order valence-corrected chi connectivity index (χ2v) is 8.03. The zero-order valence-corrected chi connectivity index (χ0v) is 17.8. The van der Waals surface area contributed by atoms with Crippen molar-refractivity contribution in [2.24, 2.45) is 0 Å². The molecule has 1 atom stereocenters. The van der Waals surface area contributed by atoms with Crippen LogP contribution in [0.3, 0.4) is 0 Å². The molecule has 1 saturated heterocycles. The zero-order valence-electron chi connectivity index (χ0n) is 17.8. The smallest absolute Gasteiger partial charge is 0.258 e. The number of rotatable bonds is 7. The molecule has 162 valence electrons. The molecule has 0 spiro atoms. The molecule has 0 radical (unpaired) electrons. The van der Waals surface area contributed by atoms with Crippen LogP contribution >= 0.6 is 0 Å². The van der Waals surface area contributed by atoms with Crippen LogP contribution in [0.2, 0.25) is 0 Å². The van der Waals surface area contributed by atoms with Gasteiger partial charge in [-0.15, -0.1) is 0 Å². The van der Waals surface area contributed by atoms with Crippen LogP contribution in [0.4, 0.5) is 0 Å². The Hall–Kier alpha value is -3.19. The summed E-state index contributed by atoms with van der Waals surface area (Å²) in [6.07, 6.45) is 2.24. The predicted molar refractivity (Wildman–Crippen MR) is 118 cm³/mol. The third kappa shape index (κ3) is 4.94. The molecule has 2 heterocycles. The Kier molecular flexibility index (Phi) is 6.32. The molecule has 0 aliphatic carbocycles. The van der Waals surface area contributed by atoms with E-state index < -0.39 is 0 Å². The molecule has 1 aliphatic heterocycles. The van der Waals surface area contributed by atoms with Crippen LogP contribution in [-0.4, -0.2) is 46.1 Å². The van der Waals surface area contributed by atoms with Crippen LogP contribution in [0.25, 0.3) is 10.9 Å². The highest BCUT2D eigenvalue weighted by Crippen LogP contribution is 2.19. The minimum Gasteiger partial charge on any atom is -0.491 e. The lowest BCUT2D eigenvalue weighted by Crippen LogP contribution is -2.37. The Balaban J connectivity index is 1.47. The summed E-state index contributed by atoms with van der Waals surface area (Å²) in [5.74, 6) is 1.04. The van der Waals surface area contributed by atoms with Crippen LogP contribution in [-0.2, 0) is 11.3 Å². The molecule has 1 aliphatic rings. The van der Waals surface area contributed by atoms with Gasteiger partial charge in [-0.05, 0) is 63.1 Å². The van der Waals surface area contributed by atoms with Gasteiger partial charge < -0.3 is 19.4 Å². The van der Waals surface area contributed by atoms with Gasteiger partial charge in [-0.3, -0.25) is 9.59 Å². The Morgan fingerprint density at radius 2 is 2.00 bits per heavy atom. The maximum absolute atomic E-state index is 13.2. The van der Waals surface area contributed by atoms with Gasteiger partial charge in [0.15, 0.2) is 0 Å². The van der Waals surface area contributed by atoms with Gasteiger partial charge >= 0.3 is 0 Å². The van der Waals surface area contributed by atoms with Crippen molar-refractivity contribution in [3.63, 3.8) is 0 Å². The van der Waals surface area contributed by atoms with Crippen molar-refractivity contribution in [1.29, 1.82) is 0 Å². The summed E-state index contributed by atoms with van der Waals surface area (Å²) in [6, 6.07) is 14.2. The number of ether oxygens (including phenoxy) is 2. The number of carbonyl (C=O) groups excluding carboxylic acids is 1. The molecule has 2 aromatic carbocycles. The fourth-order valence-electron chi connectivity index (χ4n) is 3.68. The van der Waals surface area contributed by atoms with E-state index in [0.717, 1.165) is 19.4 Å². The van der Waals surface area contributed by atoms with Crippen molar-refractivity contribution >= 4 is 16.8 Å². The van der Waals surface area contributed by atoms with Gasteiger partial charge in [-0.25, -0.2) is 4.98 Å². The number of aromatic amines is 1. The molecule has 1 N–H and O–H groups in total. The summed E-state index contributed by atoms with van der Waals surface area (Å²) >= 11 is 0. The Morgan fingerprint density at radius 1 is 1.23 bits per heavy atom. The summed E-state index contributed by atoms with van der Waals surface area (Å²) in [4.78, 5) is 34.5. The largest absolute Gasteiger partial charge is 0.491 e. The lowest BCUT2D eigenvalue weighted by atomic mass is 10.1. The molecule has 1 amide bonds. The van der Waals surface area contributed by atoms with Crippen LogP contribution in [0.1, 0.15) is 42.9 Å². The van der Waals surface area contributed by atoms with Crippen LogP contribution in [0.15, 0.2) is 53.3 Å². The van der Waals surface area contributed by atoms with Gasteiger partial charge in [0.05, 0.1) is 23.6 Å². The highest BCUT2D eigenvalue weighted by atomic mass is 16.5. The molecule has 3 aromatic rings. The fourth-order valence-corrected chi connectivity index (χ4v) is 3.68. The molecule has 0 saturated carbocycles. The van der Waals surface area contributed by atoms with E-state index in [9.17, 15) is 9.59 Å². The number of carbonyl (C=O) groups is 1. The van der Waals surface area contributed by atoms with Crippen molar-refractivity contribution in [2.45, 2.75) is 45.4 Å². The molecule has 0 bridgehead atoms. The second kappa shape index (κ2) is 9.31. The number of hydrogen-bond donors (Lipinski definition) is 1. The summed E-state index contributed by atoms with van der Waals surface area (Å²) < 4.78 is 11.4. The SMILES string of the molecule is CC(C)N(Cc1nc2ccccc2c(=O)[nH]1)C(=O)c1ccc(OCC2CCCO2)cc1. The average molecular weight is 421 g/mol. The van der Waals surface area contributed by atoms with E-state index in [1.165, 1.54) is 0 Å². The van der Waals surface area contributed by atoms with Crippen molar-refractivity contribution in [3.8, 4) is 5.75 Å². The first-order valence-electron chi connectivity index (χ1n) is 10.6. The molecule has 1 aromatic heterocycles. The fraction of sp³-hybridized carbons (Fsp3) is 0.375. The second-order valence-electron chi connectivity index (χ2n) is 8.03. The minimum atomic E-state index is -0.204. The molecule has 7 nitrogen and oxygen atoms in total. The Bertz CT molecular complexity index is 1100. The molecule has 1 fully saturated rings. The van der Waals surface area contributed by atoms with E-state index in [-0.39, 0.29) is 30.2 Å². The van der Waals surface area contributed by atoms with Gasteiger partial charge in [0.25, 0.3) is 11.5 Å². The number of H-pyrrole nitrogens is 1. The maximum atomic E-state index is 13.2. The standard InChI is InChI=1S/C24H27N3O4/c1-16(2)27(14-22-25-21-8-4-3-7-20(21)23(28)26-22)24(29)17-9-11-18(12-10-17)31-15-19-6-5-13-30-19/h3-4,7-12,16,19H,5-6,13-15H2,1-2H3,(H,25,26,28). The third-order valence-electron chi connectivity index (χ3n) is 5.43. The number of fused-ring (bicyclic) bond motifs is 1. The van der Waals surface area contributed by atoms with E-state index in [0.29, 0.717) is 34.6 Å². The summed E-state index contributed by atoms with van der Waals surface area (Å²) in [6.45, 7) is 5.41. The van der Waals surface area contributed by atoms with E-state index in [1.54, 1.807) is 47.4 Å². The molecular weight excluding hydrogens is 394 g/mol. The van der Waals surface area contributed by atoms with E-state index >= 15 is 0 Å². The molecule has 31 heavy (non-hydrogen) atoms. The van der Waals surface area contributed by atoms with Gasteiger partial charge in [0.2, 0.25) is 0 Å². The Labute approximate surface area is 181 Å². The normalized spacial score (nSPS) is 16.0. The number of nitrogens with one attached hydrogen (secondary N) is 1. The highest BCUT2D eigenvalue weighted by Gasteiger charge is 2.21. The lowest BCUT2D eigenvalue weighted by molar-refractivity contribution is 0.0672. The van der Waals surface area contributed by atoms with Crippen LogP contribution in [0, 0.1) is 0 Å². The van der Waals surface area contributed by atoms with Crippen molar-refractivity contribution in [2.75, 3.05) is 13.2 Å². The number of amides is 1. The summed E-state index contributed by atoms with van der Waals surface area (Å²) in [7, 11) is 0. The minimum absolute atomic E-state index is 0.0697. The first-order chi connectivity index (χ1) is 15.0. The van der Waals surface area contributed by atoms with E-state index in [1.807, 2.05) is 19.9 Å². The molecular formula is C24H27N3O4. The van der Waals surface area contributed by atoms with Gasteiger partial charge in [0.1, 0.15) is 18.2 Å². The van der Waals surface area contributed by atoms with Crippen molar-refractivity contribution in [1.82, 2.24) is 14.9 Å². The number of aromatic nitrogens is 2. The van der Waals surface area contributed by atoms with E-state index in [4.69, 9.17) is 9.47 Å². The quantitative estimate of drug-likeness (QED) is 0.631. The van der Waals surface area contributed by atoms with Gasteiger partial charge in [-0.1, -0.05) is 12.1 Å². The first kappa shape index (κ1) is 21.1. The average Bonchev–Trinajstić information content (AvgIpc) is 3.29. The zero-order chi connectivity index (χ0) is 21.8. The van der Waals surface area contributed by atoms with Gasteiger partial charge in [0, 0.05) is 18.2 Å². The number of benzene rings is 2. The van der Waals surface area contributed by atoms with E-state index in [2.05, 4.69) is 9.97 Å². The topological polar surface area (TPSA) is 84.5 Å². The summed E-state index contributed by atoms with van der Waals surface area (Å²) in [5, 5.41) is 0.535. The predicted octanol–water partition coefficient (Wildman–Crippen LogP) is 3.53. The molecule has 1 unspecified atom stereocenters. The number of para-hydroxylation sites is 1. The van der Waals surface area contributed by atoms with Gasteiger partial charge in [-0.2, -0.15) is 0 Å². The Morgan fingerprint density at radius 3 is 2.71 bits per heavy atom. The molecule has 4 rings (SSSR count). The lowest BCUT2D eigenvalue weighted by Gasteiger charge is -2.26. The number of hydrogen-bond acceptors (Lipinski definition) is 5. The van der Waals surface area contributed by atoms with Crippen LogP contribution < -0.4 is 10.3 Å². The number of nitrogens with zero attached hydrogens (tertiary/aromatic N) is 2.